The minimum Gasteiger partial charge on any atom is -0.496 e. The molecule has 4 rings (SSSR count). The predicted octanol–water partition coefficient (Wildman–Crippen LogP) is 5.36. The number of para-hydroxylation sites is 1. The van der Waals surface area contributed by atoms with E-state index >= 15 is 0 Å². The van der Waals surface area contributed by atoms with Gasteiger partial charge in [0.05, 0.1) is 27.5 Å². The van der Waals surface area contributed by atoms with Crippen LogP contribution in [-0.4, -0.2) is 18.0 Å². The van der Waals surface area contributed by atoms with Gasteiger partial charge < -0.3 is 13.9 Å². The number of esters is 1. The fourth-order valence-corrected chi connectivity index (χ4v) is 3.65. The number of nitro benzene ring substituents is 1. The molecule has 0 radical (unpaired) electrons. The lowest BCUT2D eigenvalue weighted by molar-refractivity contribution is -0.384. The maximum Gasteiger partial charge on any atom is 0.344 e. The number of hydrogen-bond acceptors (Lipinski definition) is 7. The van der Waals surface area contributed by atoms with Crippen LogP contribution in [0, 0.1) is 10.1 Å². The van der Waals surface area contributed by atoms with E-state index in [1.807, 2.05) is 0 Å². The first-order valence-electron chi connectivity index (χ1n) is 9.25. The third kappa shape index (κ3) is 3.97. The fraction of sp³-hybridized carbons (Fsp3) is 0.0435. The summed E-state index contributed by atoms with van der Waals surface area (Å²) in [6, 6.07) is 16.6. The molecule has 3 aromatic carbocycles. The average molecular weight is 496 g/mol. The van der Waals surface area contributed by atoms with Gasteiger partial charge in [-0.1, -0.05) is 18.2 Å². The Kier molecular flexibility index (Phi) is 5.74. The van der Waals surface area contributed by atoms with Gasteiger partial charge in [-0.15, -0.1) is 0 Å². The zero-order valence-electron chi connectivity index (χ0n) is 16.5. The van der Waals surface area contributed by atoms with E-state index in [4.69, 9.17) is 13.9 Å². The van der Waals surface area contributed by atoms with Crippen LogP contribution in [0.15, 0.2) is 80.4 Å². The highest BCUT2D eigenvalue weighted by Gasteiger charge is 2.23. The van der Waals surface area contributed by atoms with Gasteiger partial charge in [-0.25, -0.2) is 4.79 Å². The number of halogens is 1. The SMILES string of the molecule is COc1ccc(-c2oc3ccccc3c(=O)c2OC(=O)c2cccc([N+](=O)[O-])c2)cc1Br. The van der Waals surface area contributed by atoms with Crippen LogP contribution in [0.2, 0.25) is 0 Å². The summed E-state index contributed by atoms with van der Waals surface area (Å²) >= 11 is 3.39. The average Bonchev–Trinajstić information content (AvgIpc) is 2.80. The minimum atomic E-state index is -0.926. The molecule has 0 aliphatic heterocycles. The number of non-ortho nitro benzene ring substituents is 1. The number of nitro groups is 1. The van der Waals surface area contributed by atoms with Gasteiger partial charge in [-0.3, -0.25) is 14.9 Å². The smallest absolute Gasteiger partial charge is 0.344 e. The number of methoxy groups -OCH3 is 1. The van der Waals surface area contributed by atoms with Crippen LogP contribution in [0.5, 0.6) is 11.5 Å². The van der Waals surface area contributed by atoms with E-state index in [1.54, 1.807) is 42.5 Å². The third-order valence-electron chi connectivity index (χ3n) is 4.66. The summed E-state index contributed by atoms with van der Waals surface area (Å²) < 4.78 is 17.2. The van der Waals surface area contributed by atoms with Crippen molar-refractivity contribution in [3.63, 3.8) is 0 Å². The van der Waals surface area contributed by atoms with E-state index in [1.165, 1.54) is 25.3 Å². The Bertz CT molecular complexity index is 1430. The van der Waals surface area contributed by atoms with Crippen LogP contribution in [0.3, 0.4) is 0 Å². The molecule has 0 bridgehead atoms. The van der Waals surface area contributed by atoms with E-state index in [9.17, 15) is 19.7 Å². The molecule has 0 saturated heterocycles. The van der Waals surface area contributed by atoms with Crippen molar-refractivity contribution >= 4 is 38.6 Å². The van der Waals surface area contributed by atoms with Crippen LogP contribution in [0.25, 0.3) is 22.3 Å². The number of fused-ring (bicyclic) bond motifs is 1. The number of carbonyl (C=O) groups is 1. The number of carbonyl (C=O) groups excluding carboxylic acids is 1. The van der Waals surface area contributed by atoms with Gasteiger partial charge in [-0.05, 0) is 52.3 Å². The topological polar surface area (TPSA) is 109 Å². The highest BCUT2D eigenvalue weighted by molar-refractivity contribution is 9.10. The second kappa shape index (κ2) is 8.64. The largest absolute Gasteiger partial charge is 0.496 e. The van der Waals surface area contributed by atoms with Gasteiger partial charge >= 0.3 is 5.97 Å². The first kappa shape index (κ1) is 21.3. The summed E-state index contributed by atoms with van der Waals surface area (Å²) in [5.74, 6) is -0.648. The Morgan fingerprint density at radius 3 is 2.56 bits per heavy atom. The van der Waals surface area contributed by atoms with Crippen molar-refractivity contribution in [2.75, 3.05) is 7.11 Å². The molecule has 32 heavy (non-hydrogen) atoms. The monoisotopic (exact) mass is 495 g/mol. The van der Waals surface area contributed by atoms with E-state index in [0.717, 1.165) is 6.07 Å². The third-order valence-corrected chi connectivity index (χ3v) is 5.28. The van der Waals surface area contributed by atoms with E-state index in [-0.39, 0.29) is 28.1 Å². The fourth-order valence-electron chi connectivity index (χ4n) is 3.11. The van der Waals surface area contributed by atoms with Crippen LogP contribution in [0.4, 0.5) is 5.69 Å². The minimum absolute atomic E-state index is 0.0378. The highest BCUT2D eigenvalue weighted by atomic mass is 79.9. The molecule has 0 atom stereocenters. The molecule has 8 nitrogen and oxygen atoms in total. The Hall–Kier alpha value is -3.98. The summed E-state index contributed by atoms with van der Waals surface area (Å²) in [4.78, 5) is 36.4. The van der Waals surface area contributed by atoms with E-state index in [2.05, 4.69) is 15.9 Å². The first-order valence-corrected chi connectivity index (χ1v) is 10.0. The van der Waals surface area contributed by atoms with Crippen LogP contribution >= 0.6 is 15.9 Å². The molecule has 1 heterocycles. The molecule has 0 N–H and O–H groups in total. The molecule has 1 aromatic heterocycles. The normalized spacial score (nSPS) is 10.7. The molecule has 4 aromatic rings. The summed E-state index contributed by atoms with van der Waals surface area (Å²) in [6.45, 7) is 0. The summed E-state index contributed by atoms with van der Waals surface area (Å²) in [7, 11) is 1.52. The van der Waals surface area contributed by atoms with Gasteiger partial charge in [0, 0.05) is 17.7 Å². The zero-order valence-corrected chi connectivity index (χ0v) is 18.1. The van der Waals surface area contributed by atoms with Crippen molar-refractivity contribution < 1.29 is 23.6 Å². The van der Waals surface area contributed by atoms with E-state index in [0.29, 0.717) is 21.4 Å². The Morgan fingerprint density at radius 1 is 1.06 bits per heavy atom. The Balaban J connectivity index is 1.87. The molecule has 9 heteroatoms. The van der Waals surface area contributed by atoms with Crippen molar-refractivity contribution in [2.24, 2.45) is 0 Å². The quantitative estimate of drug-likeness (QED) is 0.208. The Morgan fingerprint density at radius 2 is 1.84 bits per heavy atom. The Labute approximate surface area is 189 Å². The molecule has 0 aliphatic rings. The van der Waals surface area contributed by atoms with Gasteiger partial charge in [0.2, 0.25) is 11.2 Å². The molecule has 0 amide bonds. The number of nitrogens with zero attached hydrogens (tertiary/aromatic N) is 1. The van der Waals surface area contributed by atoms with Crippen LogP contribution in [0.1, 0.15) is 10.4 Å². The lowest BCUT2D eigenvalue weighted by Crippen LogP contribution is -2.16. The zero-order chi connectivity index (χ0) is 22.8. The molecule has 0 fully saturated rings. The van der Waals surface area contributed by atoms with Crippen molar-refractivity contribution in [3.05, 3.63) is 97.1 Å². The lowest BCUT2D eigenvalue weighted by Gasteiger charge is -2.12. The van der Waals surface area contributed by atoms with Crippen molar-refractivity contribution in [1.82, 2.24) is 0 Å². The molecular formula is C23H14BrNO7. The van der Waals surface area contributed by atoms with Crippen molar-refractivity contribution in [2.45, 2.75) is 0 Å². The number of benzene rings is 3. The second-order valence-electron chi connectivity index (χ2n) is 6.63. The summed E-state index contributed by atoms with van der Waals surface area (Å²) in [6.07, 6.45) is 0. The maximum absolute atomic E-state index is 13.2. The molecular weight excluding hydrogens is 482 g/mol. The lowest BCUT2D eigenvalue weighted by atomic mass is 10.1. The first-order chi connectivity index (χ1) is 15.4. The van der Waals surface area contributed by atoms with Gasteiger partial charge in [0.1, 0.15) is 11.3 Å². The van der Waals surface area contributed by atoms with Crippen molar-refractivity contribution in [3.8, 4) is 22.8 Å². The number of hydrogen-bond donors (Lipinski definition) is 0. The molecule has 160 valence electrons. The standard InChI is InChI=1S/C23H14BrNO7/c1-30-19-10-9-13(12-17(19)24)21-22(20(26)16-7-2-3-8-18(16)31-21)32-23(27)14-5-4-6-15(11-14)25(28)29/h2-12H,1H3. The van der Waals surface area contributed by atoms with Crippen LogP contribution < -0.4 is 14.9 Å². The molecule has 0 spiro atoms. The van der Waals surface area contributed by atoms with Crippen molar-refractivity contribution in [1.29, 1.82) is 0 Å². The van der Waals surface area contributed by atoms with Crippen LogP contribution in [-0.2, 0) is 0 Å². The van der Waals surface area contributed by atoms with E-state index < -0.39 is 16.3 Å². The highest BCUT2D eigenvalue weighted by Crippen LogP contribution is 2.36. The predicted molar refractivity (Wildman–Crippen MR) is 120 cm³/mol. The number of ether oxygens (including phenoxy) is 2. The molecule has 0 aliphatic carbocycles. The van der Waals surface area contributed by atoms with Gasteiger partial charge in [0.15, 0.2) is 5.76 Å². The van der Waals surface area contributed by atoms with Gasteiger partial charge in [-0.2, -0.15) is 0 Å². The summed E-state index contributed by atoms with van der Waals surface area (Å²) in [5, 5.41) is 11.3. The second-order valence-corrected chi connectivity index (χ2v) is 7.49. The van der Waals surface area contributed by atoms with Gasteiger partial charge in [0.25, 0.3) is 5.69 Å². The number of rotatable bonds is 5. The molecule has 0 saturated carbocycles. The molecule has 0 unspecified atom stereocenters. The summed E-state index contributed by atoms with van der Waals surface area (Å²) in [5.41, 5.74) is -0.123. The maximum atomic E-state index is 13.2.